The molecule has 0 aliphatic heterocycles. The van der Waals surface area contributed by atoms with E-state index in [0.29, 0.717) is 12.1 Å². The van der Waals surface area contributed by atoms with Crippen LogP contribution in [-0.2, 0) is 16.4 Å². The normalized spacial score (nSPS) is 14.9. The third-order valence-electron chi connectivity index (χ3n) is 5.22. The first kappa shape index (κ1) is 20.6. The molecule has 0 aromatic heterocycles. The van der Waals surface area contributed by atoms with E-state index in [2.05, 4.69) is 16.9 Å². The molecule has 150 valence electrons. The number of hydrogen-bond acceptors (Lipinski definition) is 3. The highest BCUT2D eigenvalue weighted by Gasteiger charge is 2.24. The second-order valence-electron chi connectivity index (χ2n) is 7.45. The van der Waals surface area contributed by atoms with Gasteiger partial charge in [0.15, 0.2) is 0 Å². The van der Waals surface area contributed by atoms with E-state index >= 15 is 0 Å². The largest absolute Gasteiger partial charge is 0.342 e. The van der Waals surface area contributed by atoms with Crippen LogP contribution < -0.4 is 4.72 Å². The fourth-order valence-electron chi connectivity index (χ4n) is 3.61. The van der Waals surface area contributed by atoms with Crippen LogP contribution in [0.25, 0.3) is 0 Å². The summed E-state index contributed by atoms with van der Waals surface area (Å²) in [5.41, 5.74) is 1.64. The number of nitrogens with one attached hydrogen (secondary N) is 1. The molecule has 3 rings (SSSR count). The highest BCUT2D eigenvalue weighted by atomic mass is 32.2. The first-order chi connectivity index (χ1) is 13.5. The van der Waals surface area contributed by atoms with Gasteiger partial charge in [0, 0.05) is 25.2 Å². The zero-order chi connectivity index (χ0) is 20.0. The molecule has 6 heteroatoms. The topological polar surface area (TPSA) is 66.5 Å². The quantitative estimate of drug-likeness (QED) is 0.736. The van der Waals surface area contributed by atoms with Gasteiger partial charge >= 0.3 is 0 Å². The van der Waals surface area contributed by atoms with Crippen LogP contribution in [0.3, 0.4) is 0 Å². The van der Waals surface area contributed by atoms with Crippen molar-refractivity contribution in [3.8, 4) is 0 Å². The number of rotatable bonds is 8. The van der Waals surface area contributed by atoms with Gasteiger partial charge in [-0.25, -0.2) is 13.1 Å². The molecule has 1 saturated carbocycles. The zero-order valence-electron chi connectivity index (χ0n) is 16.3. The van der Waals surface area contributed by atoms with Gasteiger partial charge in [-0.2, -0.15) is 0 Å². The Hall–Kier alpha value is -2.18. The van der Waals surface area contributed by atoms with Crippen LogP contribution in [0.2, 0.25) is 0 Å². The Morgan fingerprint density at radius 1 is 1.07 bits per heavy atom. The lowest BCUT2D eigenvalue weighted by atomic mass is 10.1. The van der Waals surface area contributed by atoms with Gasteiger partial charge in [0.05, 0.1) is 4.90 Å². The molecule has 1 N–H and O–H groups in total. The van der Waals surface area contributed by atoms with Crippen molar-refractivity contribution in [1.29, 1.82) is 0 Å². The van der Waals surface area contributed by atoms with Crippen molar-refractivity contribution < 1.29 is 13.2 Å². The fourth-order valence-corrected chi connectivity index (χ4v) is 4.96. The van der Waals surface area contributed by atoms with E-state index in [1.54, 1.807) is 30.1 Å². The second-order valence-corrected chi connectivity index (χ2v) is 9.16. The molecule has 0 heterocycles. The number of carbonyl (C=O) groups excluding carboxylic acids is 1. The predicted molar refractivity (Wildman–Crippen MR) is 111 cm³/mol. The van der Waals surface area contributed by atoms with Crippen LogP contribution in [0, 0.1) is 0 Å². The van der Waals surface area contributed by atoms with Gasteiger partial charge in [-0.05, 0) is 49.4 Å². The molecule has 0 saturated heterocycles. The molecular weight excluding hydrogens is 372 g/mol. The molecule has 0 atom stereocenters. The Morgan fingerprint density at radius 3 is 2.50 bits per heavy atom. The van der Waals surface area contributed by atoms with Crippen molar-refractivity contribution in [3.63, 3.8) is 0 Å². The number of nitrogens with zero attached hydrogens (tertiary/aromatic N) is 1. The van der Waals surface area contributed by atoms with E-state index in [9.17, 15) is 13.2 Å². The summed E-state index contributed by atoms with van der Waals surface area (Å²) in [5, 5.41) is 0. The van der Waals surface area contributed by atoms with Crippen LogP contribution in [0.1, 0.15) is 48.0 Å². The van der Waals surface area contributed by atoms with Gasteiger partial charge in [-0.15, -0.1) is 0 Å². The second kappa shape index (κ2) is 9.34. The number of hydrogen-bond donors (Lipinski definition) is 1. The number of carbonyl (C=O) groups is 1. The van der Waals surface area contributed by atoms with Crippen LogP contribution in [0.4, 0.5) is 0 Å². The minimum absolute atomic E-state index is 0.00465. The lowest BCUT2D eigenvalue weighted by Crippen LogP contribution is -2.33. The van der Waals surface area contributed by atoms with Crippen molar-refractivity contribution in [2.24, 2.45) is 0 Å². The van der Waals surface area contributed by atoms with Crippen molar-refractivity contribution in [3.05, 3.63) is 65.7 Å². The van der Waals surface area contributed by atoms with Crippen molar-refractivity contribution in [1.82, 2.24) is 9.62 Å². The molecule has 0 spiro atoms. The number of amides is 1. The van der Waals surface area contributed by atoms with Crippen molar-refractivity contribution in [2.45, 2.75) is 49.5 Å². The molecular formula is C22H28N2O3S. The summed E-state index contributed by atoms with van der Waals surface area (Å²) < 4.78 is 28.0. The summed E-state index contributed by atoms with van der Waals surface area (Å²) >= 11 is 0. The Kier molecular flexibility index (Phi) is 6.86. The zero-order valence-corrected chi connectivity index (χ0v) is 17.1. The lowest BCUT2D eigenvalue weighted by Gasteiger charge is -2.18. The van der Waals surface area contributed by atoms with Crippen LogP contribution >= 0.6 is 0 Å². The van der Waals surface area contributed by atoms with Gasteiger partial charge in [-0.3, -0.25) is 4.79 Å². The SMILES string of the molecule is CN(CCCc1ccccc1)C(=O)c1cccc(S(=O)(=O)NC2CCCC2)c1. The molecule has 1 amide bonds. The van der Waals surface area contributed by atoms with Crippen LogP contribution in [0.5, 0.6) is 0 Å². The van der Waals surface area contributed by atoms with E-state index in [1.165, 1.54) is 11.6 Å². The van der Waals surface area contributed by atoms with E-state index in [1.807, 2.05) is 18.2 Å². The molecule has 0 unspecified atom stereocenters. The molecule has 2 aromatic rings. The average molecular weight is 401 g/mol. The summed E-state index contributed by atoms with van der Waals surface area (Å²) in [6.07, 6.45) is 5.62. The third kappa shape index (κ3) is 5.42. The third-order valence-corrected chi connectivity index (χ3v) is 6.73. The summed E-state index contributed by atoms with van der Waals surface area (Å²) in [6, 6.07) is 16.5. The van der Waals surface area contributed by atoms with Gasteiger partial charge < -0.3 is 4.90 Å². The van der Waals surface area contributed by atoms with Crippen LogP contribution in [-0.4, -0.2) is 38.9 Å². The molecule has 1 aliphatic rings. The highest BCUT2D eigenvalue weighted by Crippen LogP contribution is 2.21. The first-order valence-electron chi connectivity index (χ1n) is 9.87. The van der Waals surface area contributed by atoms with Crippen LogP contribution in [0.15, 0.2) is 59.5 Å². The minimum Gasteiger partial charge on any atom is -0.342 e. The molecule has 28 heavy (non-hydrogen) atoms. The Bertz CT molecular complexity index is 891. The molecule has 0 bridgehead atoms. The first-order valence-corrected chi connectivity index (χ1v) is 11.4. The number of sulfonamides is 1. The van der Waals surface area contributed by atoms with E-state index in [0.717, 1.165) is 38.5 Å². The molecule has 1 fully saturated rings. The molecule has 0 radical (unpaired) electrons. The summed E-state index contributed by atoms with van der Waals surface area (Å²) in [5.74, 6) is -0.161. The monoisotopic (exact) mass is 400 g/mol. The highest BCUT2D eigenvalue weighted by molar-refractivity contribution is 7.89. The maximum absolute atomic E-state index is 12.7. The smallest absolute Gasteiger partial charge is 0.253 e. The number of benzene rings is 2. The predicted octanol–water partition coefficient (Wildman–Crippen LogP) is 3.61. The van der Waals surface area contributed by atoms with Gasteiger partial charge in [0.25, 0.3) is 5.91 Å². The summed E-state index contributed by atoms with van der Waals surface area (Å²) in [4.78, 5) is 14.5. The summed E-state index contributed by atoms with van der Waals surface area (Å²) in [6.45, 7) is 0.616. The maximum atomic E-state index is 12.7. The Labute approximate surface area is 167 Å². The van der Waals surface area contributed by atoms with Gasteiger partial charge in [-0.1, -0.05) is 49.2 Å². The van der Waals surface area contributed by atoms with E-state index < -0.39 is 10.0 Å². The fraction of sp³-hybridized carbons (Fsp3) is 0.409. The lowest BCUT2D eigenvalue weighted by molar-refractivity contribution is 0.0793. The van der Waals surface area contributed by atoms with E-state index in [4.69, 9.17) is 0 Å². The maximum Gasteiger partial charge on any atom is 0.253 e. The van der Waals surface area contributed by atoms with Crippen molar-refractivity contribution >= 4 is 15.9 Å². The Balaban J connectivity index is 1.61. The number of aryl methyl sites for hydroxylation is 1. The van der Waals surface area contributed by atoms with Gasteiger partial charge in [0.1, 0.15) is 0 Å². The summed E-state index contributed by atoms with van der Waals surface area (Å²) in [7, 11) is -1.84. The average Bonchev–Trinajstić information content (AvgIpc) is 3.20. The van der Waals surface area contributed by atoms with Crippen molar-refractivity contribution in [2.75, 3.05) is 13.6 Å². The van der Waals surface area contributed by atoms with E-state index in [-0.39, 0.29) is 16.8 Å². The molecule has 1 aliphatic carbocycles. The Morgan fingerprint density at radius 2 is 1.79 bits per heavy atom. The molecule has 5 nitrogen and oxygen atoms in total. The van der Waals surface area contributed by atoms with Gasteiger partial charge in [0.2, 0.25) is 10.0 Å². The standard InChI is InChI=1S/C22H28N2O3S/c1-24(16-8-11-18-9-3-2-4-10-18)22(25)19-12-7-15-21(17-19)28(26,27)23-20-13-5-6-14-20/h2-4,7,9-10,12,15,17,20,23H,5-6,8,11,13-14,16H2,1H3. The molecule has 2 aromatic carbocycles. The minimum atomic E-state index is -3.60.